The molecule has 0 aromatic carbocycles. The minimum Gasteiger partial charge on any atom is -0.337 e. The highest BCUT2D eigenvalue weighted by atomic mass is 15.3. The van der Waals surface area contributed by atoms with E-state index < -0.39 is 0 Å². The van der Waals surface area contributed by atoms with E-state index in [1.165, 1.54) is 5.56 Å². The number of rotatable bonds is 9. The molecular formula is C16H31N5. The molecule has 0 amide bonds. The summed E-state index contributed by atoms with van der Waals surface area (Å²) in [6, 6.07) is 0.397. The second kappa shape index (κ2) is 8.95. The van der Waals surface area contributed by atoms with Gasteiger partial charge in [-0.05, 0) is 47.8 Å². The van der Waals surface area contributed by atoms with Crippen molar-refractivity contribution < 1.29 is 0 Å². The van der Waals surface area contributed by atoms with E-state index in [1.54, 1.807) is 0 Å². The highest BCUT2D eigenvalue weighted by Crippen LogP contribution is 2.14. The van der Waals surface area contributed by atoms with Crippen LogP contribution in [0.25, 0.3) is 0 Å². The van der Waals surface area contributed by atoms with Gasteiger partial charge in [-0.2, -0.15) is 0 Å². The lowest BCUT2D eigenvalue weighted by atomic mass is 10.2. The summed E-state index contributed by atoms with van der Waals surface area (Å²) in [5.41, 5.74) is 2.25. The molecule has 0 saturated heterocycles. The predicted molar refractivity (Wildman–Crippen MR) is 89.8 cm³/mol. The molecule has 1 aromatic heterocycles. The Morgan fingerprint density at radius 2 is 2.00 bits per heavy atom. The van der Waals surface area contributed by atoms with Crippen molar-refractivity contribution in [1.82, 2.24) is 20.2 Å². The standard InChI is InChI=1S/C16H31N5/c1-7-9-17-10-15-11-18-16(19-14(15)4)21(8-2)13(3)12-20(5)6/h11,13,17H,7-10,12H2,1-6H3. The topological polar surface area (TPSA) is 44.3 Å². The van der Waals surface area contributed by atoms with Crippen LogP contribution in [-0.2, 0) is 6.54 Å². The van der Waals surface area contributed by atoms with Crippen LogP contribution < -0.4 is 10.2 Å². The summed E-state index contributed by atoms with van der Waals surface area (Å²) in [6.45, 7) is 12.4. The lowest BCUT2D eigenvalue weighted by Crippen LogP contribution is -2.41. The number of hydrogen-bond donors (Lipinski definition) is 1. The van der Waals surface area contributed by atoms with E-state index in [4.69, 9.17) is 4.98 Å². The average Bonchev–Trinajstić information content (AvgIpc) is 2.41. The third-order valence-electron chi connectivity index (χ3n) is 3.57. The summed E-state index contributed by atoms with van der Waals surface area (Å²) in [5, 5.41) is 3.40. The molecule has 0 spiro atoms. The molecule has 1 N–H and O–H groups in total. The highest BCUT2D eigenvalue weighted by Gasteiger charge is 2.16. The highest BCUT2D eigenvalue weighted by molar-refractivity contribution is 5.34. The van der Waals surface area contributed by atoms with Gasteiger partial charge in [0.2, 0.25) is 5.95 Å². The van der Waals surface area contributed by atoms with Gasteiger partial charge in [-0.25, -0.2) is 9.97 Å². The van der Waals surface area contributed by atoms with Gasteiger partial charge >= 0.3 is 0 Å². The third-order valence-corrected chi connectivity index (χ3v) is 3.57. The van der Waals surface area contributed by atoms with E-state index in [9.17, 15) is 0 Å². The fourth-order valence-electron chi connectivity index (χ4n) is 2.47. The molecule has 0 aliphatic heterocycles. The summed E-state index contributed by atoms with van der Waals surface area (Å²) in [4.78, 5) is 13.7. The van der Waals surface area contributed by atoms with Crippen LogP contribution in [-0.4, -0.2) is 54.6 Å². The zero-order chi connectivity index (χ0) is 15.8. The number of anilines is 1. The Labute approximate surface area is 129 Å². The van der Waals surface area contributed by atoms with E-state index in [1.807, 2.05) is 6.20 Å². The van der Waals surface area contributed by atoms with Gasteiger partial charge in [-0.3, -0.25) is 0 Å². The van der Waals surface area contributed by atoms with Crippen LogP contribution in [0.2, 0.25) is 0 Å². The molecule has 5 heteroatoms. The number of hydrogen-bond acceptors (Lipinski definition) is 5. The van der Waals surface area contributed by atoms with Crippen molar-refractivity contribution in [2.24, 2.45) is 0 Å². The number of aromatic nitrogens is 2. The Bertz CT molecular complexity index is 419. The monoisotopic (exact) mass is 293 g/mol. The summed E-state index contributed by atoms with van der Waals surface area (Å²) in [6.07, 6.45) is 3.11. The molecule has 1 unspecified atom stereocenters. The van der Waals surface area contributed by atoms with Crippen LogP contribution in [0, 0.1) is 6.92 Å². The zero-order valence-electron chi connectivity index (χ0n) is 14.5. The molecule has 5 nitrogen and oxygen atoms in total. The molecule has 1 rings (SSSR count). The van der Waals surface area contributed by atoms with Gasteiger partial charge in [-0.15, -0.1) is 0 Å². The Kier molecular flexibility index (Phi) is 7.61. The lowest BCUT2D eigenvalue weighted by Gasteiger charge is -2.30. The van der Waals surface area contributed by atoms with E-state index in [0.29, 0.717) is 6.04 Å². The van der Waals surface area contributed by atoms with Gasteiger partial charge in [0.15, 0.2) is 0 Å². The van der Waals surface area contributed by atoms with Crippen molar-refractivity contribution >= 4 is 5.95 Å². The van der Waals surface area contributed by atoms with E-state index >= 15 is 0 Å². The van der Waals surface area contributed by atoms with Crippen molar-refractivity contribution in [3.63, 3.8) is 0 Å². The zero-order valence-corrected chi connectivity index (χ0v) is 14.5. The SMILES string of the molecule is CCCNCc1cnc(N(CC)C(C)CN(C)C)nc1C. The molecule has 21 heavy (non-hydrogen) atoms. The van der Waals surface area contributed by atoms with Gasteiger partial charge in [0.1, 0.15) is 0 Å². The van der Waals surface area contributed by atoms with E-state index in [2.05, 4.69) is 61.9 Å². The van der Waals surface area contributed by atoms with Gasteiger partial charge in [-0.1, -0.05) is 6.92 Å². The predicted octanol–water partition coefficient (Wildman–Crippen LogP) is 2.06. The second-order valence-corrected chi connectivity index (χ2v) is 5.85. The number of likely N-dealkylation sites (N-methyl/N-ethyl adjacent to an activating group) is 2. The normalized spacial score (nSPS) is 12.7. The van der Waals surface area contributed by atoms with Crippen LogP contribution in [0.4, 0.5) is 5.95 Å². The molecule has 1 aromatic rings. The van der Waals surface area contributed by atoms with Crippen molar-refractivity contribution in [2.75, 3.05) is 38.6 Å². The Balaban J connectivity index is 2.79. The quantitative estimate of drug-likeness (QED) is 0.706. The number of nitrogens with zero attached hydrogens (tertiary/aromatic N) is 4. The third kappa shape index (κ3) is 5.59. The first kappa shape index (κ1) is 17.9. The fourth-order valence-corrected chi connectivity index (χ4v) is 2.47. The number of aryl methyl sites for hydroxylation is 1. The molecule has 0 saturated carbocycles. The first-order valence-electron chi connectivity index (χ1n) is 7.94. The number of nitrogens with one attached hydrogen (secondary N) is 1. The summed E-state index contributed by atoms with van der Waals surface area (Å²) in [7, 11) is 4.19. The Morgan fingerprint density at radius 3 is 2.52 bits per heavy atom. The van der Waals surface area contributed by atoms with E-state index in [-0.39, 0.29) is 0 Å². The van der Waals surface area contributed by atoms with Crippen LogP contribution >= 0.6 is 0 Å². The summed E-state index contributed by atoms with van der Waals surface area (Å²) in [5.74, 6) is 0.837. The van der Waals surface area contributed by atoms with Gasteiger partial charge in [0, 0.05) is 43.1 Å². The molecule has 1 heterocycles. The molecule has 0 fully saturated rings. The van der Waals surface area contributed by atoms with Crippen molar-refractivity contribution in [3.8, 4) is 0 Å². The van der Waals surface area contributed by atoms with Crippen LogP contribution in [0.15, 0.2) is 6.20 Å². The maximum absolute atomic E-state index is 4.71. The molecule has 1 atom stereocenters. The maximum Gasteiger partial charge on any atom is 0.225 e. The lowest BCUT2D eigenvalue weighted by molar-refractivity contribution is 0.371. The molecule has 0 bridgehead atoms. The van der Waals surface area contributed by atoms with Crippen LogP contribution in [0.3, 0.4) is 0 Å². The molecule has 0 aliphatic carbocycles. The average molecular weight is 293 g/mol. The minimum absolute atomic E-state index is 0.397. The minimum atomic E-state index is 0.397. The Hall–Kier alpha value is -1.20. The molecular weight excluding hydrogens is 262 g/mol. The van der Waals surface area contributed by atoms with Crippen LogP contribution in [0.1, 0.15) is 38.4 Å². The maximum atomic E-state index is 4.71. The summed E-state index contributed by atoms with van der Waals surface area (Å²) < 4.78 is 0. The van der Waals surface area contributed by atoms with Gasteiger partial charge < -0.3 is 15.1 Å². The van der Waals surface area contributed by atoms with Crippen molar-refractivity contribution in [1.29, 1.82) is 0 Å². The first-order chi connectivity index (χ1) is 9.99. The smallest absolute Gasteiger partial charge is 0.225 e. The van der Waals surface area contributed by atoms with E-state index in [0.717, 1.165) is 44.2 Å². The first-order valence-corrected chi connectivity index (χ1v) is 7.94. The molecule has 0 aliphatic rings. The van der Waals surface area contributed by atoms with Crippen molar-refractivity contribution in [3.05, 3.63) is 17.5 Å². The Morgan fingerprint density at radius 1 is 1.29 bits per heavy atom. The van der Waals surface area contributed by atoms with Gasteiger partial charge in [0.25, 0.3) is 0 Å². The summed E-state index contributed by atoms with van der Waals surface area (Å²) >= 11 is 0. The van der Waals surface area contributed by atoms with Crippen molar-refractivity contribution in [2.45, 2.75) is 46.7 Å². The van der Waals surface area contributed by atoms with Gasteiger partial charge in [0.05, 0.1) is 0 Å². The molecule has 0 radical (unpaired) electrons. The molecule has 120 valence electrons. The fraction of sp³-hybridized carbons (Fsp3) is 0.750. The second-order valence-electron chi connectivity index (χ2n) is 5.85. The van der Waals surface area contributed by atoms with Crippen LogP contribution in [0.5, 0.6) is 0 Å². The largest absolute Gasteiger partial charge is 0.337 e.